The van der Waals surface area contributed by atoms with Gasteiger partial charge in [0.15, 0.2) is 11.5 Å². The average molecular weight is 399 g/mol. The summed E-state index contributed by atoms with van der Waals surface area (Å²) in [5.74, 6) is -2.54. The Labute approximate surface area is 156 Å². The summed E-state index contributed by atoms with van der Waals surface area (Å²) < 4.78 is 37.8. The first-order valence-electron chi connectivity index (χ1n) is 8.10. The highest BCUT2D eigenvalue weighted by molar-refractivity contribution is 7.89. The van der Waals surface area contributed by atoms with Gasteiger partial charge in [-0.1, -0.05) is 0 Å². The van der Waals surface area contributed by atoms with Crippen LogP contribution in [-0.2, 0) is 19.6 Å². The standard InChI is InChI=1S/C17H21NO8S/c1-25-13-9-11(3-4-15(19)20)10-14(16(13)26-2)27(23,24)18-7-5-12(6-8-18)17(21)22/h3-4,9-10,12H,5-8H2,1-2H3,(H,19,20)(H,21,22)/b4-3-. The zero-order chi connectivity index (χ0) is 20.2. The van der Waals surface area contributed by atoms with Crippen molar-refractivity contribution in [1.29, 1.82) is 0 Å². The predicted octanol–water partition coefficient (Wildman–Crippen LogP) is 1.29. The van der Waals surface area contributed by atoms with Crippen molar-refractivity contribution in [3.63, 3.8) is 0 Å². The Hall–Kier alpha value is -2.59. The number of benzene rings is 1. The van der Waals surface area contributed by atoms with Crippen LogP contribution in [0.25, 0.3) is 6.08 Å². The third-order valence-electron chi connectivity index (χ3n) is 4.31. The predicted molar refractivity (Wildman–Crippen MR) is 95.3 cm³/mol. The number of nitrogens with zero attached hydrogens (tertiary/aromatic N) is 1. The quantitative estimate of drug-likeness (QED) is 0.656. The minimum Gasteiger partial charge on any atom is -0.493 e. The molecular formula is C17H21NO8S. The summed E-state index contributed by atoms with van der Waals surface area (Å²) in [6.45, 7) is 0.139. The van der Waals surface area contributed by atoms with Gasteiger partial charge in [0.2, 0.25) is 10.0 Å². The largest absolute Gasteiger partial charge is 0.493 e. The molecule has 0 spiro atoms. The zero-order valence-corrected chi connectivity index (χ0v) is 15.7. The number of aliphatic carboxylic acids is 2. The van der Waals surface area contributed by atoms with Gasteiger partial charge in [0.1, 0.15) is 4.90 Å². The highest BCUT2D eigenvalue weighted by Crippen LogP contribution is 2.38. The highest BCUT2D eigenvalue weighted by atomic mass is 32.2. The third kappa shape index (κ3) is 4.58. The van der Waals surface area contributed by atoms with Crippen LogP contribution < -0.4 is 9.47 Å². The molecule has 0 aliphatic carbocycles. The first-order valence-corrected chi connectivity index (χ1v) is 9.54. The highest BCUT2D eigenvalue weighted by Gasteiger charge is 2.34. The number of ether oxygens (including phenoxy) is 2. The smallest absolute Gasteiger partial charge is 0.328 e. The van der Waals surface area contributed by atoms with Crippen molar-refractivity contribution >= 4 is 28.0 Å². The molecule has 1 saturated heterocycles. The van der Waals surface area contributed by atoms with Gasteiger partial charge in [-0.25, -0.2) is 13.2 Å². The molecule has 1 aliphatic heterocycles. The molecule has 0 bridgehead atoms. The van der Waals surface area contributed by atoms with Crippen LogP contribution in [0.5, 0.6) is 11.5 Å². The van der Waals surface area contributed by atoms with Gasteiger partial charge in [0, 0.05) is 19.2 Å². The lowest BCUT2D eigenvalue weighted by Crippen LogP contribution is -2.40. The van der Waals surface area contributed by atoms with Crippen molar-refractivity contribution < 1.29 is 37.7 Å². The maximum Gasteiger partial charge on any atom is 0.328 e. The molecule has 0 aromatic heterocycles. The zero-order valence-electron chi connectivity index (χ0n) is 14.9. The Morgan fingerprint density at radius 1 is 1.15 bits per heavy atom. The lowest BCUT2D eigenvalue weighted by molar-refractivity contribution is -0.143. The van der Waals surface area contributed by atoms with E-state index in [0.717, 1.165) is 6.08 Å². The molecule has 0 amide bonds. The molecule has 1 aromatic carbocycles. The van der Waals surface area contributed by atoms with E-state index < -0.39 is 27.9 Å². The molecule has 2 N–H and O–H groups in total. The second kappa shape index (κ2) is 8.40. The Morgan fingerprint density at radius 2 is 1.78 bits per heavy atom. The molecule has 0 unspecified atom stereocenters. The monoisotopic (exact) mass is 399 g/mol. The Morgan fingerprint density at radius 3 is 2.26 bits per heavy atom. The summed E-state index contributed by atoms with van der Waals surface area (Å²) >= 11 is 0. The van der Waals surface area contributed by atoms with Crippen molar-refractivity contribution in [3.05, 3.63) is 23.8 Å². The molecule has 0 radical (unpaired) electrons. The molecule has 1 heterocycles. The van der Waals surface area contributed by atoms with Crippen molar-refractivity contribution in [2.75, 3.05) is 27.3 Å². The summed E-state index contributed by atoms with van der Waals surface area (Å²) in [4.78, 5) is 21.7. The first kappa shape index (κ1) is 20.7. The van der Waals surface area contributed by atoms with Gasteiger partial charge in [-0.2, -0.15) is 4.31 Å². The van der Waals surface area contributed by atoms with Crippen LogP contribution in [-0.4, -0.2) is 62.2 Å². The molecule has 148 valence electrons. The molecule has 1 fully saturated rings. The Bertz CT molecular complexity index is 854. The van der Waals surface area contributed by atoms with Gasteiger partial charge in [-0.15, -0.1) is 0 Å². The van der Waals surface area contributed by atoms with Crippen molar-refractivity contribution in [2.45, 2.75) is 17.7 Å². The van der Waals surface area contributed by atoms with E-state index in [4.69, 9.17) is 19.7 Å². The third-order valence-corrected chi connectivity index (χ3v) is 6.21. The molecule has 10 heteroatoms. The summed E-state index contributed by atoms with van der Waals surface area (Å²) in [5, 5.41) is 17.9. The van der Waals surface area contributed by atoms with Crippen molar-refractivity contribution in [2.24, 2.45) is 5.92 Å². The normalized spacial score (nSPS) is 16.4. The lowest BCUT2D eigenvalue weighted by Gasteiger charge is -2.30. The molecule has 2 rings (SSSR count). The topological polar surface area (TPSA) is 130 Å². The molecule has 1 aliphatic rings. The van der Waals surface area contributed by atoms with Gasteiger partial charge in [-0.05, 0) is 36.6 Å². The number of rotatable bonds is 7. The van der Waals surface area contributed by atoms with Crippen molar-refractivity contribution in [1.82, 2.24) is 4.31 Å². The Balaban J connectivity index is 2.46. The first-order chi connectivity index (χ1) is 12.7. The van der Waals surface area contributed by atoms with Crippen LogP contribution in [0.15, 0.2) is 23.1 Å². The van der Waals surface area contributed by atoms with E-state index in [0.29, 0.717) is 5.56 Å². The fourth-order valence-electron chi connectivity index (χ4n) is 2.89. The summed E-state index contributed by atoms with van der Waals surface area (Å²) in [7, 11) is -1.34. The number of methoxy groups -OCH3 is 2. The summed E-state index contributed by atoms with van der Waals surface area (Å²) in [6.07, 6.45) is 2.56. The van der Waals surface area contributed by atoms with Gasteiger partial charge in [0.25, 0.3) is 0 Å². The minimum absolute atomic E-state index is 0.00494. The molecule has 1 aromatic rings. The lowest BCUT2D eigenvalue weighted by atomic mass is 9.99. The van der Waals surface area contributed by atoms with Crippen LogP contribution in [0.1, 0.15) is 18.4 Å². The van der Waals surface area contributed by atoms with E-state index in [1.54, 1.807) is 0 Å². The van der Waals surface area contributed by atoms with Gasteiger partial charge >= 0.3 is 11.9 Å². The summed E-state index contributed by atoms with van der Waals surface area (Å²) in [6, 6.07) is 2.77. The average Bonchev–Trinajstić information content (AvgIpc) is 2.65. The number of sulfonamides is 1. The van der Waals surface area contributed by atoms with Crippen molar-refractivity contribution in [3.8, 4) is 11.5 Å². The molecule has 0 saturated carbocycles. The Kier molecular flexibility index (Phi) is 6.45. The van der Waals surface area contributed by atoms with Crippen LogP contribution in [0, 0.1) is 5.92 Å². The second-order valence-corrected chi connectivity index (χ2v) is 7.85. The second-order valence-electron chi connectivity index (χ2n) is 5.94. The fourth-order valence-corrected chi connectivity index (χ4v) is 4.56. The van der Waals surface area contributed by atoms with Gasteiger partial charge in [-0.3, -0.25) is 4.79 Å². The van der Waals surface area contributed by atoms with Crippen LogP contribution in [0.4, 0.5) is 0 Å². The van der Waals surface area contributed by atoms with E-state index in [1.165, 1.54) is 36.7 Å². The van der Waals surface area contributed by atoms with Gasteiger partial charge < -0.3 is 19.7 Å². The van der Waals surface area contributed by atoms with E-state index in [1.807, 2.05) is 0 Å². The van der Waals surface area contributed by atoms with E-state index in [2.05, 4.69) is 0 Å². The van der Waals surface area contributed by atoms with Crippen LogP contribution in [0.2, 0.25) is 0 Å². The fraction of sp³-hybridized carbons (Fsp3) is 0.412. The molecule has 9 nitrogen and oxygen atoms in total. The summed E-state index contributed by atoms with van der Waals surface area (Å²) in [5.41, 5.74) is 0.314. The van der Waals surface area contributed by atoms with E-state index in [9.17, 15) is 18.0 Å². The van der Waals surface area contributed by atoms with E-state index >= 15 is 0 Å². The van der Waals surface area contributed by atoms with Crippen LogP contribution >= 0.6 is 0 Å². The van der Waals surface area contributed by atoms with E-state index in [-0.39, 0.29) is 42.3 Å². The van der Waals surface area contributed by atoms with Gasteiger partial charge in [0.05, 0.1) is 20.1 Å². The molecular weight excluding hydrogens is 378 g/mol. The number of carboxylic acids is 2. The maximum absolute atomic E-state index is 13.1. The van der Waals surface area contributed by atoms with Crippen LogP contribution in [0.3, 0.4) is 0 Å². The SMILES string of the molecule is COc1cc(/C=C\C(=O)O)cc(S(=O)(=O)N2CCC(C(=O)O)CC2)c1OC. The maximum atomic E-state index is 13.1. The minimum atomic E-state index is -3.99. The number of piperidine rings is 1. The number of carboxylic acid groups (broad SMARTS) is 2. The molecule has 27 heavy (non-hydrogen) atoms. The molecule has 0 atom stereocenters. The number of hydrogen-bond donors (Lipinski definition) is 2. The number of hydrogen-bond acceptors (Lipinski definition) is 6. The number of carbonyl (C=O) groups is 2.